The summed E-state index contributed by atoms with van der Waals surface area (Å²) in [5, 5.41) is 12.7. The number of benzene rings is 3. The van der Waals surface area contributed by atoms with Crippen LogP contribution in [0.25, 0.3) is 22.2 Å². The molecule has 0 radical (unpaired) electrons. The number of nitrogens with one attached hydrogen (secondary N) is 1. The summed E-state index contributed by atoms with van der Waals surface area (Å²) < 4.78 is 7.37. The molecule has 0 aliphatic carbocycles. The minimum atomic E-state index is -0.0723. The van der Waals surface area contributed by atoms with Crippen molar-refractivity contribution in [1.82, 2.24) is 9.88 Å². The number of aromatic nitrogens is 1. The van der Waals surface area contributed by atoms with Gasteiger partial charge in [-0.05, 0) is 35.4 Å². The first-order valence-corrected chi connectivity index (χ1v) is 9.73. The van der Waals surface area contributed by atoms with Crippen LogP contribution in [0.4, 0.5) is 0 Å². The number of nitriles is 1. The Bertz CT molecular complexity index is 1210. The van der Waals surface area contributed by atoms with Crippen LogP contribution in [0, 0.1) is 11.3 Å². The first-order chi connectivity index (χ1) is 14.7. The minimum absolute atomic E-state index is 0.00121. The first-order valence-electron chi connectivity index (χ1n) is 9.73. The molecule has 5 heteroatoms. The van der Waals surface area contributed by atoms with Crippen molar-refractivity contribution in [2.45, 2.75) is 13.1 Å². The zero-order valence-corrected chi connectivity index (χ0v) is 16.4. The van der Waals surface area contributed by atoms with E-state index in [-0.39, 0.29) is 19.1 Å². The fraction of sp³-hybridized carbons (Fsp3) is 0.120. The largest absolute Gasteiger partial charge is 0.479 e. The Hall–Kier alpha value is -4.04. The maximum absolute atomic E-state index is 12.8. The Balaban J connectivity index is 1.52. The van der Waals surface area contributed by atoms with Gasteiger partial charge in [0.1, 0.15) is 18.4 Å². The van der Waals surface area contributed by atoms with E-state index in [0.29, 0.717) is 12.3 Å². The summed E-state index contributed by atoms with van der Waals surface area (Å²) >= 11 is 0. The molecule has 0 saturated carbocycles. The number of nitrogens with zero attached hydrogens (tertiary/aromatic N) is 2. The van der Waals surface area contributed by atoms with Crippen molar-refractivity contribution in [3.8, 4) is 23.1 Å². The highest BCUT2D eigenvalue weighted by Gasteiger charge is 2.13. The molecule has 0 bridgehead atoms. The Morgan fingerprint density at radius 1 is 0.967 bits per heavy atom. The third-order valence-electron chi connectivity index (χ3n) is 4.87. The first kappa shape index (κ1) is 19.3. The highest BCUT2D eigenvalue weighted by molar-refractivity contribution is 5.89. The van der Waals surface area contributed by atoms with Crippen LogP contribution >= 0.6 is 0 Å². The summed E-state index contributed by atoms with van der Waals surface area (Å²) in [5.74, 6) is 0.544. The zero-order valence-electron chi connectivity index (χ0n) is 16.4. The third-order valence-corrected chi connectivity index (χ3v) is 4.87. The zero-order chi connectivity index (χ0) is 20.8. The van der Waals surface area contributed by atoms with Crippen LogP contribution in [0.2, 0.25) is 0 Å². The Morgan fingerprint density at radius 2 is 1.77 bits per heavy atom. The molecule has 4 aromatic rings. The Kier molecular flexibility index (Phi) is 5.77. The number of carbonyl (C=O) groups excluding carboxylic acids is 1. The van der Waals surface area contributed by atoms with Crippen molar-refractivity contribution in [3.63, 3.8) is 0 Å². The summed E-state index contributed by atoms with van der Waals surface area (Å²) in [6.45, 7) is 0.615. The van der Waals surface area contributed by atoms with E-state index in [2.05, 4.69) is 29.6 Å². The number of carbonyl (C=O) groups is 1. The molecule has 5 nitrogen and oxygen atoms in total. The highest BCUT2D eigenvalue weighted by atomic mass is 16.5. The van der Waals surface area contributed by atoms with E-state index in [1.54, 1.807) is 6.07 Å². The molecule has 0 fully saturated rings. The Labute approximate surface area is 175 Å². The van der Waals surface area contributed by atoms with Gasteiger partial charge < -0.3 is 14.6 Å². The van der Waals surface area contributed by atoms with Crippen molar-refractivity contribution in [1.29, 1.82) is 5.26 Å². The van der Waals surface area contributed by atoms with E-state index in [1.807, 2.05) is 65.2 Å². The summed E-state index contributed by atoms with van der Waals surface area (Å²) in [6, 6.07) is 29.6. The van der Waals surface area contributed by atoms with Gasteiger partial charge in [-0.2, -0.15) is 5.26 Å². The number of ether oxygens (including phenoxy) is 1. The number of para-hydroxylation sites is 1. The molecule has 1 heterocycles. The SMILES string of the molecule is N#CCOc1cccc(CNC(=O)Cn2c(-c3ccccc3)cc3ccccc32)c1. The molecule has 3 aromatic carbocycles. The lowest BCUT2D eigenvalue weighted by atomic mass is 10.1. The number of fused-ring (bicyclic) bond motifs is 1. The maximum atomic E-state index is 12.8. The molecule has 0 spiro atoms. The monoisotopic (exact) mass is 395 g/mol. The van der Waals surface area contributed by atoms with Gasteiger partial charge in [-0.3, -0.25) is 4.79 Å². The third kappa shape index (κ3) is 4.34. The van der Waals surface area contributed by atoms with E-state index in [4.69, 9.17) is 10.00 Å². The second-order valence-corrected chi connectivity index (χ2v) is 6.91. The summed E-state index contributed by atoms with van der Waals surface area (Å²) in [4.78, 5) is 12.8. The van der Waals surface area contributed by atoms with Gasteiger partial charge in [0.15, 0.2) is 6.61 Å². The molecule has 0 aliphatic heterocycles. The molecule has 1 N–H and O–H groups in total. The Morgan fingerprint density at radius 3 is 2.60 bits per heavy atom. The van der Waals surface area contributed by atoms with Gasteiger partial charge in [0.25, 0.3) is 0 Å². The number of amides is 1. The smallest absolute Gasteiger partial charge is 0.240 e. The van der Waals surface area contributed by atoms with Crippen molar-refractivity contribution in [3.05, 3.63) is 90.5 Å². The van der Waals surface area contributed by atoms with Gasteiger partial charge in [-0.1, -0.05) is 60.7 Å². The van der Waals surface area contributed by atoms with Crippen LogP contribution < -0.4 is 10.1 Å². The predicted octanol–water partition coefficient (Wildman–Crippen LogP) is 4.53. The quantitative estimate of drug-likeness (QED) is 0.500. The van der Waals surface area contributed by atoms with Gasteiger partial charge in [0.2, 0.25) is 5.91 Å². The highest BCUT2D eigenvalue weighted by Crippen LogP contribution is 2.28. The topological polar surface area (TPSA) is 67.0 Å². The molecule has 0 aliphatic rings. The molecule has 30 heavy (non-hydrogen) atoms. The van der Waals surface area contributed by atoms with E-state index in [1.165, 1.54) is 0 Å². The standard InChI is InChI=1S/C25H21N3O2/c26-13-14-30-22-11-6-7-19(15-22)17-27-25(29)18-28-23-12-5-4-10-21(23)16-24(28)20-8-2-1-3-9-20/h1-12,15-16H,14,17-18H2,(H,27,29). The lowest BCUT2D eigenvalue weighted by molar-refractivity contribution is -0.121. The second-order valence-electron chi connectivity index (χ2n) is 6.91. The average molecular weight is 395 g/mol. The lowest BCUT2D eigenvalue weighted by Gasteiger charge is -2.12. The van der Waals surface area contributed by atoms with Crippen LogP contribution in [0.5, 0.6) is 5.75 Å². The minimum Gasteiger partial charge on any atom is -0.479 e. The van der Waals surface area contributed by atoms with Crippen LogP contribution in [0.3, 0.4) is 0 Å². The summed E-state index contributed by atoms with van der Waals surface area (Å²) in [5.41, 5.74) is 4.03. The average Bonchev–Trinajstić information content (AvgIpc) is 3.15. The van der Waals surface area contributed by atoms with Crippen LogP contribution in [-0.2, 0) is 17.9 Å². The van der Waals surface area contributed by atoms with Crippen LogP contribution in [-0.4, -0.2) is 17.1 Å². The van der Waals surface area contributed by atoms with Crippen molar-refractivity contribution < 1.29 is 9.53 Å². The van der Waals surface area contributed by atoms with Gasteiger partial charge in [-0.25, -0.2) is 0 Å². The van der Waals surface area contributed by atoms with Crippen molar-refractivity contribution in [2.75, 3.05) is 6.61 Å². The number of rotatable bonds is 7. The summed E-state index contributed by atoms with van der Waals surface area (Å²) in [7, 11) is 0. The maximum Gasteiger partial charge on any atom is 0.240 e. The number of hydrogen-bond acceptors (Lipinski definition) is 3. The molecule has 148 valence electrons. The van der Waals surface area contributed by atoms with Crippen LogP contribution in [0.15, 0.2) is 84.9 Å². The second kappa shape index (κ2) is 8.97. The molecule has 0 saturated heterocycles. The van der Waals surface area contributed by atoms with E-state index in [9.17, 15) is 4.79 Å². The van der Waals surface area contributed by atoms with Crippen molar-refractivity contribution in [2.24, 2.45) is 0 Å². The number of hydrogen-bond donors (Lipinski definition) is 1. The molecular formula is C25H21N3O2. The normalized spacial score (nSPS) is 10.5. The molecule has 4 rings (SSSR count). The van der Waals surface area contributed by atoms with Crippen LogP contribution in [0.1, 0.15) is 5.56 Å². The van der Waals surface area contributed by atoms with Gasteiger partial charge >= 0.3 is 0 Å². The van der Waals surface area contributed by atoms with E-state index in [0.717, 1.165) is 27.7 Å². The fourth-order valence-corrected chi connectivity index (χ4v) is 3.49. The van der Waals surface area contributed by atoms with Crippen molar-refractivity contribution >= 4 is 16.8 Å². The van der Waals surface area contributed by atoms with Gasteiger partial charge in [-0.15, -0.1) is 0 Å². The van der Waals surface area contributed by atoms with Gasteiger partial charge in [0.05, 0.1) is 0 Å². The molecule has 1 aromatic heterocycles. The van der Waals surface area contributed by atoms with Gasteiger partial charge in [0, 0.05) is 23.1 Å². The molecule has 0 atom stereocenters. The predicted molar refractivity (Wildman–Crippen MR) is 117 cm³/mol. The fourth-order valence-electron chi connectivity index (χ4n) is 3.49. The van der Waals surface area contributed by atoms with E-state index < -0.39 is 0 Å². The van der Waals surface area contributed by atoms with E-state index >= 15 is 0 Å². The molecule has 1 amide bonds. The molecule has 0 unspecified atom stereocenters. The summed E-state index contributed by atoms with van der Waals surface area (Å²) in [6.07, 6.45) is 0. The lowest BCUT2D eigenvalue weighted by Crippen LogP contribution is -2.27. The molecular weight excluding hydrogens is 374 g/mol.